The molecule has 1 aromatic carbocycles. The number of carbonyl (C=O) groups excluding carboxylic acids is 1. The van der Waals surface area contributed by atoms with Crippen LogP contribution in [0.4, 0.5) is 0 Å². The van der Waals surface area contributed by atoms with Crippen molar-refractivity contribution in [3.8, 4) is 16.9 Å². The maximum Gasteiger partial charge on any atom is 0.329 e. The van der Waals surface area contributed by atoms with E-state index in [2.05, 4.69) is 4.98 Å². The molecule has 0 radical (unpaired) electrons. The monoisotopic (exact) mass is 414 g/mol. The van der Waals surface area contributed by atoms with Crippen LogP contribution >= 0.6 is 11.3 Å². The highest BCUT2D eigenvalue weighted by atomic mass is 32.1. The van der Waals surface area contributed by atoms with Gasteiger partial charge in [0.25, 0.3) is 5.56 Å². The topological polar surface area (TPSA) is 70.4 Å². The third kappa shape index (κ3) is 3.92. The SMILES string of the molecule is CCOC(=O)C(CC)n1c(C)nc2sc(C)c(-c3ccc(OCC)cc3)c2c1=O. The Morgan fingerprint density at radius 3 is 2.41 bits per heavy atom. The van der Waals surface area contributed by atoms with E-state index in [-0.39, 0.29) is 12.2 Å². The van der Waals surface area contributed by atoms with E-state index in [0.29, 0.717) is 29.1 Å². The first-order valence-corrected chi connectivity index (χ1v) is 10.7. The van der Waals surface area contributed by atoms with Crippen molar-refractivity contribution in [3.05, 3.63) is 45.3 Å². The van der Waals surface area contributed by atoms with Gasteiger partial charge in [-0.15, -0.1) is 11.3 Å². The molecule has 1 atom stereocenters. The first-order valence-electron chi connectivity index (χ1n) is 9.84. The number of hydrogen-bond acceptors (Lipinski definition) is 6. The number of nitrogens with zero attached hydrogens (tertiary/aromatic N) is 2. The molecule has 0 N–H and O–H groups in total. The molecule has 0 aliphatic heterocycles. The third-order valence-electron chi connectivity index (χ3n) is 4.82. The van der Waals surface area contributed by atoms with E-state index >= 15 is 0 Å². The number of benzene rings is 1. The van der Waals surface area contributed by atoms with Crippen LogP contribution in [0.3, 0.4) is 0 Å². The average Bonchev–Trinajstić information content (AvgIpc) is 3.02. The van der Waals surface area contributed by atoms with Gasteiger partial charge < -0.3 is 9.47 Å². The summed E-state index contributed by atoms with van der Waals surface area (Å²) in [6.45, 7) is 10.2. The highest BCUT2D eigenvalue weighted by molar-refractivity contribution is 7.19. The summed E-state index contributed by atoms with van der Waals surface area (Å²) >= 11 is 1.49. The maximum absolute atomic E-state index is 13.5. The van der Waals surface area contributed by atoms with E-state index in [1.165, 1.54) is 15.9 Å². The predicted molar refractivity (Wildman–Crippen MR) is 116 cm³/mol. The van der Waals surface area contributed by atoms with Crippen molar-refractivity contribution in [1.29, 1.82) is 0 Å². The summed E-state index contributed by atoms with van der Waals surface area (Å²) < 4.78 is 12.2. The molecule has 0 saturated carbocycles. The number of thiophene rings is 1. The van der Waals surface area contributed by atoms with E-state index in [9.17, 15) is 9.59 Å². The fourth-order valence-corrected chi connectivity index (χ4v) is 4.65. The van der Waals surface area contributed by atoms with Crippen LogP contribution in [0.25, 0.3) is 21.3 Å². The zero-order chi connectivity index (χ0) is 21.1. The van der Waals surface area contributed by atoms with Crippen LogP contribution in [0.1, 0.15) is 43.9 Å². The number of ether oxygens (including phenoxy) is 2. The third-order valence-corrected chi connectivity index (χ3v) is 5.82. The molecule has 2 heterocycles. The van der Waals surface area contributed by atoms with Crippen molar-refractivity contribution in [2.75, 3.05) is 13.2 Å². The first-order chi connectivity index (χ1) is 13.9. The molecule has 154 valence electrons. The van der Waals surface area contributed by atoms with Crippen molar-refractivity contribution in [3.63, 3.8) is 0 Å². The first kappa shape index (κ1) is 21.0. The molecule has 0 aliphatic carbocycles. The Kier molecular flexibility index (Phi) is 6.37. The molecule has 0 spiro atoms. The van der Waals surface area contributed by atoms with Crippen LogP contribution in [-0.2, 0) is 9.53 Å². The minimum absolute atomic E-state index is 0.208. The molecule has 7 heteroatoms. The van der Waals surface area contributed by atoms with Gasteiger partial charge in [-0.05, 0) is 51.8 Å². The normalized spacial score (nSPS) is 12.2. The molecule has 1 unspecified atom stereocenters. The van der Waals surface area contributed by atoms with Crippen LogP contribution in [0, 0.1) is 13.8 Å². The summed E-state index contributed by atoms with van der Waals surface area (Å²) in [5.41, 5.74) is 1.58. The Labute approximate surface area is 174 Å². The summed E-state index contributed by atoms with van der Waals surface area (Å²) in [4.78, 5) is 32.3. The zero-order valence-corrected chi connectivity index (χ0v) is 18.3. The summed E-state index contributed by atoms with van der Waals surface area (Å²) in [6.07, 6.45) is 0.453. The van der Waals surface area contributed by atoms with Gasteiger partial charge in [-0.25, -0.2) is 9.78 Å². The Morgan fingerprint density at radius 2 is 1.83 bits per heavy atom. The van der Waals surface area contributed by atoms with Crippen molar-refractivity contribution in [2.45, 2.75) is 47.1 Å². The van der Waals surface area contributed by atoms with Crippen LogP contribution in [0.5, 0.6) is 5.75 Å². The van der Waals surface area contributed by atoms with Gasteiger partial charge in [0, 0.05) is 10.4 Å². The quantitative estimate of drug-likeness (QED) is 0.526. The number of esters is 1. The molecule has 0 bridgehead atoms. The smallest absolute Gasteiger partial charge is 0.329 e. The van der Waals surface area contributed by atoms with E-state index < -0.39 is 12.0 Å². The van der Waals surface area contributed by atoms with Gasteiger partial charge in [0.05, 0.1) is 18.6 Å². The molecule has 2 aromatic heterocycles. The Balaban J connectivity index is 2.22. The molecule has 3 rings (SSSR count). The van der Waals surface area contributed by atoms with Crippen LogP contribution in [0.15, 0.2) is 29.1 Å². The minimum Gasteiger partial charge on any atom is -0.494 e. The van der Waals surface area contributed by atoms with E-state index in [0.717, 1.165) is 21.8 Å². The van der Waals surface area contributed by atoms with Gasteiger partial charge in [0.2, 0.25) is 0 Å². The second-order valence-electron chi connectivity index (χ2n) is 6.68. The minimum atomic E-state index is -0.687. The van der Waals surface area contributed by atoms with Gasteiger partial charge in [0.15, 0.2) is 0 Å². The molecule has 0 saturated heterocycles. The fraction of sp³-hybridized carbons (Fsp3) is 0.409. The highest BCUT2D eigenvalue weighted by Crippen LogP contribution is 2.36. The van der Waals surface area contributed by atoms with Crippen molar-refractivity contribution in [2.24, 2.45) is 0 Å². The van der Waals surface area contributed by atoms with Gasteiger partial charge in [-0.2, -0.15) is 0 Å². The number of fused-ring (bicyclic) bond motifs is 1. The summed E-state index contributed by atoms with van der Waals surface area (Å²) in [6, 6.07) is 7.01. The fourth-order valence-electron chi connectivity index (χ4n) is 3.57. The molecule has 0 aliphatic rings. The standard InChI is InChI=1S/C22H26N2O4S/c1-6-17(22(26)28-8-3)24-14(5)23-20-19(21(24)25)18(13(4)29-20)15-9-11-16(12-10-15)27-7-2/h9-12,17H,6-8H2,1-5H3. The van der Waals surface area contributed by atoms with E-state index in [1.807, 2.05) is 45.0 Å². The number of rotatable bonds is 7. The van der Waals surface area contributed by atoms with Crippen LogP contribution in [-0.4, -0.2) is 28.7 Å². The lowest BCUT2D eigenvalue weighted by molar-refractivity contribution is -0.147. The second kappa shape index (κ2) is 8.78. The van der Waals surface area contributed by atoms with Crippen LogP contribution in [0.2, 0.25) is 0 Å². The number of hydrogen-bond donors (Lipinski definition) is 0. The predicted octanol–water partition coefficient (Wildman–Crippen LogP) is 4.65. The molecule has 0 amide bonds. The lowest BCUT2D eigenvalue weighted by Gasteiger charge is -2.19. The number of aromatic nitrogens is 2. The van der Waals surface area contributed by atoms with Crippen molar-refractivity contribution >= 4 is 27.5 Å². The average molecular weight is 415 g/mol. The zero-order valence-electron chi connectivity index (χ0n) is 17.4. The van der Waals surface area contributed by atoms with Crippen molar-refractivity contribution < 1.29 is 14.3 Å². The maximum atomic E-state index is 13.5. The van der Waals surface area contributed by atoms with E-state index in [1.54, 1.807) is 13.8 Å². The van der Waals surface area contributed by atoms with Gasteiger partial charge in [-0.1, -0.05) is 19.1 Å². The number of carbonyl (C=O) groups is 1. The Bertz CT molecular complexity index is 1080. The molecule has 0 fully saturated rings. The Hall–Kier alpha value is -2.67. The summed E-state index contributed by atoms with van der Waals surface area (Å²) in [7, 11) is 0. The van der Waals surface area contributed by atoms with Crippen molar-refractivity contribution in [1.82, 2.24) is 9.55 Å². The summed E-state index contributed by atoms with van der Waals surface area (Å²) in [5, 5.41) is 0.546. The van der Waals surface area contributed by atoms with Gasteiger partial charge in [-0.3, -0.25) is 9.36 Å². The van der Waals surface area contributed by atoms with Gasteiger partial charge in [0.1, 0.15) is 22.4 Å². The van der Waals surface area contributed by atoms with Crippen LogP contribution < -0.4 is 10.3 Å². The largest absolute Gasteiger partial charge is 0.494 e. The molecular formula is C22H26N2O4S. The molecule has 29 heavy (non-hydrogen) atoms. The summed E-state index contributed by atoms with van der Waals surface area (Å²) in [5.74, 6) is 0.894. The lowest BCUT2D eigenvalue weighted by atomic mass is 10.0. The number of aryl methyl sites for hydroxylation is 2. The molecule has 6 nitrogen and oxygen atoms in total. The van der Waals surface area contributed by atoms with Gasteiger partial charge >= 0.3 is 5.97 Å². The van der Waals surface area contributed by atoms with E-state index in [4.69, 9.17) is 9.47 Å². The highest BCUT2D eigenvalue weighted by Gasteiger charge is 2.26. The Morgan fingerprint density at radius 1 is 1.14 bits per heavy atom. The molecular weight excluding hydrogens is 388 g/mol. The second-order valence-corrected chi connectivity index (χ2v) is 7.88. The molecule has 3 aromatic rings. The lowest BCUT2D eigenvalue weighted by Crippen LogP contribution is -2.33.